The van der Waals surface area contributed by atoms with Crippen molar-refractivity contribution in [3.05, 3.63) is 65.7 Å². The Morgan fingerprint density at radius 3 is 2.36 bits per heavy atom. The average Bonchev–Trinajstić information content (AvgIpc) is 2.48. The van der Waals surface area contributed by atoms with Gasteiger partial charge in [0.1, 0.15) is 0 Å². The van der Waals surface area contributed by atoms with E-state index in [0.717, 1.165) is 17.7 Å². The number of sulfonamides is 1. The summed E-state index contributed by atoms with van der Waals surface area (Å²) in [5, 5.41) is 0. The van der Waals surface area contributed by atoms with Gasteiger partial charge in [-0.2, -0.15) is 0 Å². The fourth-order valence-corrected chi connectivity index (χ4v) is 4.09. The van der Waals surface area contributed by atoms with Gasteiger partial charge in [0.15, 0.2) is 0 Å². The van der Waals surface area contributed by atoms with Crippen molar-refractivity contribution >= 4 is 15.7 Å². The van der Waals surface area contributed by atoms with E-state index in [0.29, 0.717) is 13.0 Å². The Morgan fingerprint density at radius 1 is 1.00 bits per heavy atom. The lowest BCUT2D eigenvalue weighted by molar-refractivity contribution is 0.589. The lowest BCUT2D eigenvalue weighted by atomic mass is 10.1. The molecule has 2 aromatic carbocycles. The maximum Gasteiger partial charge on any atom is 0.235 e. The van der Waals surface area contributed by atoms with Crippen LogP contribution in [0.25, 0.3) is 0 Å². The molecule has 0 spiro atoms. The highest BCUT2D eigenvalue weighted by atomic mass is 32.2. The maximum atomic E-state index is 12.6. The molecule has 118 valence electrons. The van der Waals surface area contributed by atoms with Crippen LogP contribution in [0.3, 0.4) is 0 Å². The van der Waals surface area contributed by atoms with Gasteiger partial charge in [-0.25, -0.2) is 8.42 Å². The zero-order valence-electron chi connectivity index (χ0n) is 13.2. The number of benzene rings is 2. The first-order valence-corrected chi connectivity index (χ1v) is 9.25. The van der Waals surface area contributed by atoms with Crippen molar-refractivity contribution in [2.45, 2.75) is 26.7 Å². The number of nitrogens with zero attached hydrogens (tertiary/aromatic N) is 1. The highest BCUT2D eigenvalue weighted by Crippen LogP contribution is 2.20. The molecule has 0 radical (unpaired) electrons. The Bertz CT molecular complexity index is 696. The Hall–Kier alpha value is -1.81. The number of hydrogen-bond acceptors (Lipinski definition) is 2. The van der Waals surface area contributed by atoms with Crippen LogP contribution in [0.4, 0.5) is 5.69 Å². The molecular formula is C18H23NO2S. The number of hydrogen-bond donors (Lipinski definition) is 0. The minimum absolute atomic E-state index is 0.170. The van der Waals surface area contributed by atoms with Crippen LogP contribution in [0.5, 0.6) is 0 Å². The molecule has 2 aromatic rings. The minimum Gasteiger partial charge on any atom is -0.271 e. The van der Waals surface area contributed by atoms with Crippen LogP contribution in [0.1, 0.15) is 24.5 Å². The summed E-state index contributed by atoms with van der Waals surface area (Å²) in [5.41, 5.74) is 2.99. The van der Waals surface area contributed by atoms with Crippen molar-refractivity contribution in [1.82, 2.24) is 0 Å². The molecule has 0 unspecified atom stereocenters. The third-order valence-corrected chi connectivity index (χ3v) is 5.57. The molecule has 0 amide bonds. The van der Waals surface area contributed by atoms with Gasteiger partial charge in [0.05, 0.1) is 11.4 Å². The van der Waals surface area contributed by atoms with Gasteiger partial charge in [0, 0.05) is 6.54 Å². The second-order valence-corrected chi connectivity index (χ2v) is 7.42. The Morgan fingerprint density at radius 2 is 1.73 bits per heavy atom. The Labute approximate surface area is 133 Å². The molecular weight excluding hydrogens is 294 g/mol. The van der Waals surface area contributed by atoms with E-state index in [4.69, 9.17) is 0 Å². The first-order chi connectivity index (χ1) is 10.5. The third kappa shape index (κ3) is 4.34. The smallest absolute Gasteiger partial charge is 0.235 e. The van der Waals surface area contributed by atoms with Crippen molar-refractivity contribution < 1.29 is 8.42 Å². The van der Waals surface area contributed by atoms with Crippen LogP contribution in [0.15, 0.2) is 54.6 Å². The van der Waals surface area contributed by atoms with Crippen molar-refractivity contribution in [1.29, 1.82) is 0 Å². The molecule has 3 nitrogen and oxygen atoms in total. The summed E-state index contributed by atoms with van der Waals surface area (Å²) < 4.78 is 26.7. The van der Waals surface area contributed by atoms with Gasteiger partial charge in [-0.15, -0.1) is 0 Å². The molecule has 0 aliphatic carbocycles. The highest BCUT2D eigenvalue weighted by molar-refractivity contribution is 7.92. The summed E-state index contributed by atoms with van der Waals surface area (Å²) in [6, 6.07) is 17.6. The van der Waals surface area contributed by atoms with Crippen molar-refractivity contribution in [3.63, 3.8) is 0 Å². The Kier molecular flexibility index (Phi) is 5.61. The van der Waals surface area contributed by atoms with Gasteiger partial charge >= 0.3 is 0 Å². The molecule has 0 atom stereocenters. The fourth-order valence-electron chi connectivity index (χ4n) is 2.54. The topological polar surface area (TPSA) is 37.4 Å². The molecule has 4 heteroatoms. The van der Waals surface area contributed by atoms with E-state index in [1.54, 1.807) is 0 Å². The van der Waals surface area contributed by atoms with E-state index >= 15 is 0 Å². The lowest BCUT2D eigenvalue weighted by Gasteiger charge is -2.23. The number of anilines is 1. The van der Waals surface area contributed by atoms with E-state index in [-0.39, 0.29) is 5.75 Å². The Balaban J connectivity index is 2.04. The van der Waals surface area contributed by atoms with Gasteiger partial charge in [-0.05, 0) is 49.9 Å². The number of aryl methyl sites for hydroxylation is 2. The second-order valence-electron chi connectivity index (χ2n) is 5.41. The van der Waals surface area contributed by atoms with Gasteiger partial charge in [0.25, 0.3) is 0 Å². The third-order valence-electron chi connectivity index (χ3n) is 3.62. The maximum absolute atomic E-state index is 12.6. The van der Waals surface area contributed by atoms with Crippen molar-refractivity contribution in [3.8, 4) is 0 Å². The van der Waals surface area contributed by atoms with E-state index in [1.807, 2.05) is 68.4 Å². The van der Waals surface area contributed by atoms with Crippen molar-refractivity contribution in [2.75, 3.05) is 16.6 Å². The van der Waals surface area contributed by atoms with E-state index < -0.39 is 10.0 Å². The average molecular weight is 317 g/mol. The zero-order chi connectivity index (χ0) is 16.0. The van der Waals surface area contributed by atoms with Crippen LogP contribution in [-0.2, 0) is 16.4 Å². The predicted molar refractivity (Wildman–Crippen MR) is 92.7 cm³/mol. The molecule has 0 N–H and O–H groups in total. The normalized spacial score (nSPS) is 11.4. The SMILES string of the molecule is CCN(c1cccc(C)c1)S(=O)(=O)CCCc1ccccc1. The van der Waals surface area contributed by atoms with Crippen LogP contribution >= 0.6 is 0 Å². The summed E-state index contributed by atoms with van der Waals surface area (Å²) in [5.74, 6) is 0.170. The fraction of sp³-hybridized carbons (Fsp3) is 0.333. The van der Waals surface area contributed by atoms with Crippen LogP contribution in [0.2, 0.25) is 0 Å². The van der Waals surface area contributed by atoms with E-state index in [2.05, 4.69) is 0 Å². The summed E-state index contributed by atoms with van der Waals surface area (Å²) in [7, 11) is -3.28. The molecule has 0 aliphatic heterocycles. The molecule has 0 bridgehead atoms. The van der Waals surface area contributed by atoms with E-state index in [1.165, 1.54) is 9.87 Å². The van der Waals surface area contributed by atoms with Gasteiger partial charge in [0.2, 0.25) is 10.0 Å². The summed E-state index contributed by atoms with van der Waals surface area (Å²) in [6.45, 7) is 4.30. The van der Waals surface area contributed by atoms with Gasteiger partial charge in [-0.3, -0.25) is 4.31 Å². The zero-order valence-corrected chi connectivity index (χ0v) is 14.0. The summed E-state index contributed by atoms with van der Waals surface area (Å²) in [6.07, 6.45) is 1.42. The standard InChI is InChI=1S/C18H23NO2S/c1-3-19(18-13-7-9-16(2)15-18)22(20,21)14-8-12-17-10-5-4-6-11-17/h4-7,9-11,13,15H,3,8,12,14H2,1-2H3. The monoisotopic (exact) mass is 317 g/mol. The predicted octanol–water partition coefficient (Wildman–Crippen LogP) is 3.78. The quantitative estimate of drug-likeness (QED) is 0.779. The summed E-state index contributed by atoms with van der Waals surface area (Å²) >= 11 is 0. The second kappa shape index (κ2) is 7.45. The van der Waals surface area contributed by atoms with Crippen LogP contribution in [0, 0.1) is 6.92 Å². The lowest BCUT2D eigenvalue weighted by Crippen LogP contribution is -2.33. The number of rotatable bonds is 7. The highest BCUT2D eigenvalue weighted by Gasteiger charge is 2.20. The molecule has 22 heavy (non-hydrogen) atoms. The van der Waals surface area contributed by atoms with Gasteiger partial charge in [-0.1, -0.05) is 42.5 Å². The molecule has 0 aliphatic rings. The van der Waals surface area contributed by atoms with Crippen LogP contribution in [-0.4, -0.2) is 20.7 Å². The molecule has 2 rings (SSSR count). The molecule has 0 fully saturated rings. The molecule has 0 heterocycles. The molecule has 0 saturated heterocycles. The van der Waals surface area contributed by atoms with E-state index in [9.17, 15) is 8.42 Å². The van der Waals surface area contributed by atoms with Crippen LogP contribution < -0.4 is 4.31 Å². The summed E-state index contributed by atoms with van der Waals surface area (Å²) in [4.78, 5) is 0. The first-order valence-electron chi connectivity index (χ1n) is 7.64. The minimum atomic E-state index is -3.28. The largest absolute Gasteiger partial charge is 0.271 e. The van der Waals surface area contributed by atoms with Crippen molar-refractivity contribution in [2.24, 2.45) is 0 Å². The van der Waals surface area contributed by atoms with Gasteiger partial charge < -0.3 is 0 Å². The molecule has 0 saturated carbocycles. The molecule has 0 aromatic heterocycles. The first kappa shape index (κ1) is 16.6.